The third kappa shape index (κ3) is 5.94. The Kier molecular flexibility index (Phi) is 8.48. The summed E-state index contributed by atoms with van der Waals surface area (Å²) in [6.45, 7) is 3.71. The molecule has 1 aliphatic heterocycles. The highest BCUT2D eigenvalue weighted by atomic mass is 127. The van der Waals surface area contributed by atoms with Crippen molar-refractivity contribution in [3.63, 3.8) is 0 Å². The fourth-order valence-corrected chi connectivity index (χ4v) is 3.49. The maximum absolute atomic E-state index is 14.0. The van der Waals surface area contributed by atoms with Crippen LogP contribution in [-0.4, -0.2) is 39.2 Å². The number of anilines is 1. The summed E-state index contributed by atoms with van der Waals surface area (Å²) in [5, 5.41) is 6.62. The van der Waals surface area contributed by atoms with Gasteiger partial charge in [-0.3, -0.25) is 4.99 Å². The van der Waals surface area contributed by atoms with Crippen molar-refractivity contribution in [1.82, 2.24) is 10.6 Å². The maximum atomic E-state index is 14.0. The molecular weight excluding hydrogens is 489 g/mol. The van der Waals surface area contributed by atoms with Gasteiger partial charge in [-0.1, -0.05) is 12.1 Å². The van der Waals surface area contributed by atoms with E-state index >= 15 is 0 Å². The molecule has 29 heavy (non-hydrogen) atoms. The molecule has 2 aromatic carbocycles. The van der Waals surface area contributed by atoms with Crippen LogP contribution < -0.4 is 20.3 Å². The number of benzene rings is 2. The zero-order valence-electron chi connectivity index (χ0n) is 16.8. The molecule has 0 bridgehead atoms. The number of rotatable bonds is 5. The van der Waals surface area contributed by atoms with E-state index in [0.717, 1.165) is 23.3 Å². The van der Waals surface area contributed by atoms with Gasteiger partial charge in [-0.2, -0.15) is 0 Å². The molecule has 2 N–H and O–H groups in total. The standard InChI is InChI=1S/C21H26F2N4O.HI/c1-14-9-15(11-17(10-14)28-3)12-25-21(24-2)26-16-7-8-27(13-16)20-18(22)5-4-6-19(20)23;/h4-6,9-11,16H,7-8,12-13H2,1-3H3,(H2,24,25,26);1H. The van der Waals surface area contributed by atoms with Crippen molar-refractivity contribution in [3.8, 4) is 5.75 Å². The Hall–Kier alpha value is -2.10. The highest BCUT2D eigenvalue weighted by molar-refractivity contribution is 14.0. The third-order valence-electron chi connectivity index (χ3n) is 4.81. The number of aryl methyl sites for hydroxylation is 1. The predicted molar refractivity (Wildman–Crippen MR) is 123 cm³/mol. The lowest BCUT2D eigenvalue weighted by atomic mass is 10.1. The van der Waals surface area contributed by atoms with Crippen LogP contribution in [0.25, 0.3) is 0 Å². The molecule has 5 nitrogen and oxygen atoms in total. The Morgan fingerprint density at radius 1 is 1.24 bits per heavy atom. The summed E-state index contributed by atoms with van der Waals surface area (Å²) in [4.78, 5) is 6.00. The minimum absolute atomic E-state index is 0. The van der Waals surface area contributed by atoms with E-state index in [1.54, 1.807) is 19.1 Å². The molecule has 3 rings (SSSR count). The van der Waals surface area contributed by atoms with Crippen LogP contribution in [0.1, 0.15) is 17.5 Å². The molecule has 0 amide bonds. The number of ether oxygens (including phenoxy) is 1. The molecule has 1 fully saturated rings. The van der Waals surface area contributed by atoms with E-state index in [9.17, 15) is 8.78 Å². The summed E-state index contributed by atoms with van der Waals surface area (Å²) in [5.74, 6) is 0.410. The minimum Gasteiger partial charge on any atom is -0.497 e. The fraction of sp³-hybridized carbons (Fsp3) is 0.381. The van der Waals surface area contributed by atoms with E-state index in [1.165, 1.54) is 18.2 Å². The van der Waals surface area contributed by atoms with Gasteiger partial charge in [-0.15, -0.1) is 24.0 Å². The van der Waals surface area contributed by atoms with E-state index in [1.807, 2.05) is 19.1 Å². The minimum atomic E-state index is -0.531. The van der Waals surface area contributed by atoms with Crippen molar-refractivity contribution in [1.29, 1.82) is 0 Å². The largest absolute Gasteiger partial charge is 0.497 e. The number of hydrogen-bond acceptors (Lipinski definition) is 3. The molecule has 8 heteroatoms. The number of para-hydroxylation sites is 1. The van der Waals surface area contributed by atoms with Gasteiger partial charge in [0.05, 0.1) is 7.11 Å². The molecule has 0 spiro atoms. The second-order valence-corrected chi connectivity index (χ2v) is 6.93. The Labute approximate surface area is 187 Å². The third-order valence-corrected chi connectivity index (χ3v) is 4.81. The van der Waals surface area contributed by atoms with Crippen LogP contribution in [0.4, 0.5) is 14.5 Å². The average molecular weight is 516 g/mol. The first-order valence-electron chi connectivity index (χ1n) is 9.31. The second kappa shape index (κ2) is 10.6. The Morgan fingerprint density at radius 2 is 1.97 bits per heavy atom. The van der Waals surface area contributed by atoms with Gasteiger partial charge in [0.15, 0.2) is 5.96 Å². The van der Waals surface area contributed by atoms with Crippen LogP contribution in [0, 0.1) is 18.6 Å². The van der Waals surface area contributed by atoms with Gasteiger partial charge in [0.25, 0.3) is 0 Å². The molecule has 1 unspecified atom stereocenters. The van der Waals surface area contributed by atoms with Gasteiger partial charge >= 0.3 is 0 Å². The summed E-state index contributed by atoms with van der Waals surface area (Å²) in [7, 11) is 3.35. The van der Waals surface area contributed by atoms with Crippen LogP contribution in [0.5, 0.6) is 5.75 Å². The molecule has 1 aliphatic rings. The maximum Gasteiger partial charge on any atom is 0.191 e. The van der Waals surface area contributed by atoms with E-state index in [4.69, 9.17) is 4.74 Å². The van der Waals surface area contributed by atoms with Gasteiger partial charge in [0.2, 0.25) is 0 Å². The molecular formula is C21H27F2IN4O. The van der Waals surface area contributed by atoms with Crippen molar-refractivity contribution >= 4 is 35.6 Å². The lowest BCUT2D eigenvalue weighted by molar-refractivity contribution is 0.414. The molecule has 1 heterocycles. The smallest absolute Gasteiger partial charge is 0.191 e. The van der Waals surface area contributed by atoms with Gasteiger partial charge in [-0.05, 0) is 48.7 Å². The van der Waals surface area contributed by atoms with Gasteiger partial charge in [0.1, 0.15) is 23.1 Å². The highest BCUT2D eigenvalue weighted by Gasteiger charge is 2.27. The lowest BCUT2D eigenvalue weighted by Gasteiger charge is -2.21. The van der Waals surface area contributed by atoms with Crippen molar-refractivity contribution in [2.75, 3.05) is 32.1 Å². The molecule has 0 aromatic heterocycles. The number of methoxy groups -OCH3 is 1. The van der Waals surface area contributed by atoms with Gasteiger partial charge < -0.3 is 20.3 Å². The summed E-state index contributed by atoms with van der Waals surface area (Å²) >= 11 is 0. The molecule has 1 saturated heterocycles. The lowest BCUT2D eigenvalue weighted by Crippen LogP contribution is -2.44. The van der Waals surface area contributed by atoms with Crippen molar-refractivity contribution in [2.45, 2.75) is 25.9 Å². The number of nitrogens with one attached hydrogen (secondary N) is 2. The first-order valence-corrected chi connectivity index (χ1v) is 9.31. The molecule has 2 aromatic rings. The number of guanidine groups is 1. The Bertz CT molecular complexity index is 842. The first-order chi connectivity index (χ1) is 13.5. The molecule has 0 saturated carbocycles. The zero-order chi connectivity index (χ0) is 20.1. The summed E-state index contributed by atoms with van der Waals surface area (Å²) in [6, 6.07) is 10.0. The number of nitrogens with zero attached hydrogens (tertiary/aromatic N) is 2. The van der Waals surface area contributed by atoms with Crippen LogP contribution in [-0.2, 0) is 6.54 Å². The number of halogens is 3. The summed E-state index contributed by atoms with van der Waals surface area (Å²) in [5.41, 5.74) is 2.25. The molecule has 1 atom stereocenters. The van der Waals surface area contributed by atoms with E-state index in [-0.39, 0.29) is 35.7 Å². The van der Waals surface area contributed by atoms with Crippen LogP contribution in [0.2, 0.25) is 0 Å². The monoisotopic (exact) mass is 516 g/mol. The zero-order valence-corrected chi connectivity index (χ0v) is 19.2. The Morgan fingerprint density at radius 3 is 2.62 bits per heavy atom. The first kappa shape index (κ1) is 23.2. The molecule has 0 radical (unpaired) electrons. The summed E-state index contributed by atoms with van der Waals surface area (Å²) < 4.78 is 33.3. The van der Waals surface area contributed by atoms with E-state index in [2.05, 4.69) is 21.7 Å². The number of aliphatic imine (C=N–C) groups is 1. The SMILES string of the molecule is CN=C(NCc1cc(C)cc(OC)c1)NC1CCN(c2c(F)cccc2F)C1.I. The van der Waals surface area contributed by atoms with Crippen molar-refractivity contribution < 1.29 is 13.5 Å². The summed E-state index contributed by atoms with van der Waals surface area (Å²) in [6.07, 6.45) is 0.771. The second-order valence-electron chi connectivity index (χ2n) is 6.93. The molecule has 0 aliphatic carbocycles. The van der Waals surface area contributed by atoms with E-state index < -0.39 is 11.6 Å². The van der Waals surface area contributed by atoms with Crippen LogP contribution >= 0.6 is 24.0 Å². The number of hydrogen-bond donors (Lipinski definition) is 2. The Balaban J connectivity index is 0.00000300. The van der Waals surface area contributed by atoms with Crippen molar-refractivity contribution in [3.05, 3.63) is 59.2 Å². The molecule has 158 valence electrons. The van der Waals surface area contributed by atoms with Crippen molar-refractivity contribution in [2.24, 2.45) is 4.99 Å². The van der Waals surface area contributed by atoms with E-state index in [0.29, 0.717) is 25.6 Å². The van der Waals surface area contributed by atoms with Gasteiger partial charge in [0, 0.05) is 32.7 Å². The highest BCUT2D eigenvalue weighted by Crippen LogP contribution is 2.26. The normalized spacial score (nSPS) is 16.4. The topological polar surface area (TPSA) is 48.9 Å². The quantitative estimate of drug-likeness (QED) is 0.361. The van der Waals surface area contributed by atoms with Crippen LogP contribution in [0.3, 0.4) is 0 Å². The fourth-order valence-electron chi connectivity index (χ4n) is 3.49. The van der Waals surface area contributed by atoms with Crippen LogP contribution in [0.15, 0.2) is 41.4 Å². The average Bonchev–Trinajstić information content (AvgIpc) is 3.12. The van der Waals surface area contributed by atoms with Gasteiger partial charge in [-0.25, -0.2) is 8.78 Å². The predicted octanol–water partition coefficient (Wildman–Crippen LogP) is 3.84.